The highest BCUT2D eigenvalue weighted by molar-refractivity contribution is 5.72. The smallest absolute Gasteiger partial charge is 0.320 e. The molecule has 1 rings (SSSR count). The van der Waals surface area contributed by atoms with Gasteiger partial charge in [0.25, 0.3) is 0 Å². The number of aliphatic carboxylic acids is 1. The number of benzene rings is 1. The molecular formula is C12H17NO2. The van der Waals surface area contributed by atoms with Crippen LogP contribution in [0.4, 0.5) is 0 Å². The Morgan fingerprint density at radius 3 is 2.73 bits per heavy atom. The second-order valence-electron chi connectivity index (χ2n) is 3.87. The molecule has 1 unspecified atom stereocenters. The predicted octanol–water partition coefficient (Wildman–Crippen LogP) is 1.87. The SMILES string of the molecule is Cc1ccc(C)c(CNC(C)C(=O)O)c1. The van der Waals surface area contributed by atoms with Gasteiger partial charge in [0.1, 0.15) is 6.04 Å². The van der Waals surface area contributed by atoms with E-state index < -0.39 is 12.0 Å². The summed E-state index contributed by atoms with van der Waals surface area (Å²) in [6.45, 7) is 6.31. The highest BCUT2D eigenvalue weighted by atomic mass is 16.4. The Hall–Kier alpha value is -1.35. The minimum absolute atomic E-state index is 0.509. The molecule has 0 heterocycles. The van der Waals surface area contributed by atoms with E-state index in [4.69, 9.17) is 5.11 Å². The van der Waals surface area contributed by atoms with Crippen LogP contribution in [0.1, 0.15) is 23.6 Å². The molecule has 0 aliphatic heterocycles. The monoisotopic (exact) mass is 207 g/mol. The van der Waals surface area contributed by atoms with Gasteiger partial charge in [-0.1, -0.05) is 23.8 Å². The first-order chi connectivity index (χ1) is 7.00. The molecule has 0 aliphatic carbocycles. The molecule has 0 aliphatic rings. The summed E-state index contributed by atoms with van der Waals surface area (Å²) >= 11 is 0. The number of carbonyl (C=O) groups is 1. The topological polar surface area (TPSA) is 49.3 Å². The third-order valence-corrected chi connectivity index (χ3v) is 2.47. The van der Waals surface area contributed by atoms with E-state index >= 15 is 0 Å². The number of hydrogen-bond donors (Lipinski definition) is 2. The standard InChI is InChI=1S/C12H17NO2/c1-8-4-5-9(2)11(6-8)7-13-10(3)12(14)15/h4-6,10,13H,7H2,1-3H3,(H,14,15). The van der Waals surface area contributed by atoms with Gasteiger partial charge in [-0.15, -0.1) is 0 Å². The Kier molecular flexibility index (Phi) is 3.86. The number of hydrogen-bond acceptors (Lipinski definition) is 2. The molecule has 0 fully saturated rings. The molecule has 0 spiro atoms. The lowest BCUT2D eigenvalue weighted by molar-refractivity contribution is -0.139. The molecule has 3 nitrogen and oxygen atoms in total. The van der Waals surface area contributed by atoms with Crippen LogP contribution in [0.3, 0.4) is 0 Å². The second-order valence-corrected chi connectivity index (χ2v) is 3.87. The van der Waals surface area contributed by atoms with Crippen LogP contribution in [0.2, 0.25) is 0 Å². The summed E-state index contributed by atoms with van der Waals surface area (Å²) in [5.41, 5.74) is 3.54. The lowest BCUT2D eigenvalue weighted by Crippen LogP contribution is -2.33. The number of rotatable bonds is 4. The van der Waals surface area contributed by atoms with Gasteiger partial charge >= 0.3 is 5.97 Å². The van der Waals surface area contributed by atoms with Gasteiger partial charge in [0.05, 0.1) is 0 Å². The van der Waals surface area contributed by atoms with Crippen LogP contribution in [-0.2, 0) is 11.3 Å². The highest BCUT2D eigenvalue weighted by Crippen LogP contribution is 2.10. The van der Waals surface area contributed by atoms with Crippen LogP contribution in [0.25, 0.3) is 0 Å². The molecule has 0 amide bonds. The first kappa shape index (κ1) is 11.7. The van der Waals surface area contributed by atoms with Crippen molar-refractivity contribution in [2.45, 2.75) is 33.4 Å². The van der Waals surface area contributed by atoms with Crippen LogP contribution in [0.15, 0.2) is 18.2 Å². The normalized spacial score (nSPS) is 12.5. The van der Waals surface area contributed by atoms with Gasteiger partial charge in [0.2, 0.25) is 0 Å². The maximum absolute atomic E-state index is 10.6. The van der Waals surface area contributed by atoms with Gasteiger partial charge in [0.15, 0.2) is 0 Å². The van der Waals surface area contributed by atoms with Crippen molar-refractivity contribution >= 4 is 5.97 Å². The fourth-order valence-corrected chi connectivity index (χ4v) is 1.34. The van der Waals surface area contributed by atoms with Gasteiger partial charge in [-0.25, -0.2) is 0 Å². The van der Waals surface area contributed by atoms with Crippen LogP contribution in [-0.4, -0.2) is 17.1 Å². The highest BCUT2D eigenvalue weighted by Gasteiger charge is 2.09. The minimum atomic E-state index is -0.819. The second kappa shape index (κ2) is 4.94. The summed E-state index contributed by atoms with van der Waals surface area (Å²) in [7, 11) is 0. The zero-order valence-corrected chi connectivity index (χ0v) is 9.37. The fraction of sp³-hybridized carbons (Fsp3) is 0.417. The van der Waals surface area contributed by atoms with Gasteiger partial charge in [-0.3, -0.25) is 4.79 Å². The molecular weight excluding hydrogens is 190 g/mol. The van der Waals surface area contributed by atoms with Gasteiger partial charge in [-0.2, -0.15) is 0 Å². The van der Waals surface area contributed by atoms with Gasteiger partial charge < -0.3 is 10.4 Å². The van der Waals surface area contributed by atoms with Crippen LogP contribution in [0, 0.1) is 13.8 Å². The molecule has 1 aromatic carbocycles. The average molecular weight is 207 g/mol. The predicted molar refractivity (Wildman–Crippen MR) is 59.9 cm³/mol. The number of carboxylic acid groups (broad SMARTS) is 1. The Bertz CT molecular complexity index is 361. The van der Waals surface area contributed by atoms with E-state index in [-0.39, 0.29) is 0 Å². The Morgan fingerprint density at radius 1 is 1.47 bits per heavy atom. The molecule has 82 valence electrons. The maximum Gasteiger partial charge on any atom is 0.320 e. The molecule has 3 heteroatoms. The van der Waals surface area contributed by atoms with E-state index in [9.17, 15) is 4.79 Å². The molecule has 0 aromatic heterocycles. The zero-order valence-electron chi connectivity index (χ0n) is 9.37. The maximum atomic E-state index is 10.6. The van der Waals surface area contributed by atoms with E-state index in [1.165, 1.54) is 11.1 Å². The van der Waals surface area contributed by atoms with Crippen LogP contribution >= 0.6 is 0 Å². The molecule has 1 aromatic rings. The summed E-state index contributed by atoms with van der Waals surface area (Å²) in [5, 5.41) is 11.7. The van der Waals surface area contributed by atoms with E-state index in [1.807, 2.05) is 13.8 Å². The lowest BCUT2D eigenvalue weighted by atomic mass is 10.1. The Morgan fingerprint density at radius 2 is 2.13 bits per heavy atom. The fourth-order valence-electron chi connectivity index (χ4n) is 1.34. The van der Waals surface area contributed by atoms with Gasteiger partial charge in [-0.05, 0) is 31.9 Å². The van der Waals surface area contributed by atoms with Crippen molar-refractivity contribution in [1.82, 2.24) is 5.32 Å². The number of aryl methyl sites for hydroxylation is 2. The van der Waals surface area contributed by atoms with E-state index in [1.54, 1.807) is 6.92 Å². The summed E-state index contributed by atoms with van der Waals surface area (Å²) in [5.74, 6) is -0.819. The van der Waals surface area contributed by atoms with Crippen molar-refractivity contribution in [3.8, 4) is 0 Å². The van der Waals surface area contributed by atoms with Crippen molar-refractivity contribution in [1.29, 1.82) is 0 Å². The first-order valence-corrected chi connectivity index (χ1v) is 5.03. The molecule has 2 N–H and O–H groups in total. The van der Waals surface area contributed by atoms with Gasteiger partial charge in [0, 0.05) is 6.54 Å². The minimum Gasteiger partial charge on any atom is -0.480 e. The van der Waals surface area contributed by atoms with Crippen molar-refractivity contribution in [2.24, 2.45) is 0 Å². The van der Waals surface area contributed by atoms with Crippen molar-refractivity contribution in [3.63, 3.8) is 0 Å². The van der Waals surface area contributed by atoms with Crippen molar-refractivity contribution < 1.29 is 9.90 Å². The lowest BCUT2D eigenvalue weighted by Gasteiger charge is -2.11. The molecule has 0 bridgehead atoms. The molecule has 0 radical (unpaired) electrons. The average Bonchev–Trinajstić information content (AvgIpc) is 2.18. The first-order valence-electron chi connectivity index (χ1n) is 5.03. The molecule has 1 atom stereocenters. The van der Waals surface area contributed by atoms with Crippen LogP contribution < -0.4 is 5.32 Å². The summed E-state index contributed by atoms with van der Waals surface area (Å²) < 4.78 is 0. The van der Waals surface area contributed by atoms with E-state index in [2.05, 4.69) is 23.5 Å². The van der Waals surface area contributed by atoms with E-state index in [0.717, 1.165) is 5.56 Å². The zero-order chi connectivity index (χ0) is 11.4. The molecule has 15 heavy (non-hydrogen) atoms. The van der Waals surface area contributed by atoms with Crippen molar-refractivity contribution in [2.75, 3.05) is 0 Å². The third-order valence-electron chi connectivity index (χ3n) is 2.47. The quantitative estimate of drug-likeness (QED) is 0.792. The third kappa shape index (κ3) is 3.36. The Labute approximate surface area is 90.1 Å². The van der Waals surface area contributed by atoms with E-state index in [0.29, 0.717) is 6.54 Å². The molecule has 0 saturated heterocycles. The summed E-state index contributed by atoms with van der Waals surface area (Å²) in [6, 6.07) is 5.68. The summed E-state index contributed by atoms with van der Waals surface area (Å²) in [6.07, 6.45) is 0. The Balaban J connectivity index is 2.65. The molecule has 0 saturated carbocycles. The summed E-state index contributed by atoms with van der Waals surface area (Å²) in [4.78, 5) is 10.6. The number of nitrogens with one attached hydrogen (secondary N) is 1. The van der Waals surface area contributed by atoms with Crippen molar-refractivity contribution in [3.05, 3.63) is 34.9 Å². The number of carboxylic acids is 1. The van der Waals surface area contributed by atoms with Crippen LogP contribution in [0.5, 0.6) is 0 Å². The largest absolute Gasteiger partial charge is 0.480 e.